The van der Waals surface area contributed by atoms with Crippen LogP contribution >= 0.6 is 11.6 Å². The maximum absolute atomic E-state index is 6.12. The Kier molecular flexibility index (Phi) is 3.58. The molecule has 0 unspecified atom stereocenters. The Bertz CT molecular complexity index is 588. The first-order valence-electron chi connectivity index (χ1n) is 6.87. The highest BCUT2D eigenvalue weighted by molar-refractivity contribution is 6.31. The molecule has 0 aliphatic heterocycles. The molecule has 1 nitrogen and oxygen atoms in total. The molecule has 19 heavy (non-hydrogen) atoms. The van der Waals surface area contributed by atoms with Crippen LogP contribution in [0.25, 0.3) is 11.1 Å². The molecule has 0 amide bonds. The summed E-state index contributed by atoms with van der Waals surface area (Å²) in [6.45, 7) is 0.481. The van der Waals surface area contributed by atoms with Gasteiger partial charge in [0.2, 0.25) is 0 Å². The van der Waals surface area contributed by atoms with Crippen molar-refractivity contribution in [1.82, 2.24) is 0 Å². The molecule has 2 N–H and O–H groups in total. The molecule has 0 atom stereocenters. The van der Waals surface area contributed by atoms with E-state index in [1.54, 1.807) is 0 Å². The second-order valence-corrected chi connectivity index (χ2v) is 5.67. The van der Waals surface area contributed by atoms with Crippen LogP contribution in [-0.2, 0) is 6.54 Å². The first-order chi connectivity index (χ1) is 9.28. The van der Waals surface area contributed by atoms with Crippen molar-refractivity contribution in [2.24, 2.45) is 5.73 Å². The summed E-state index contributed by atoms with van der Waals surface area (Å²) < 4.78 is 0. The van der Waals surface area contributed by atoms with Gasteiger partial charge in [-0.1, -0.05) is 48.4 Å². The highest BCUT2D eigenvalue weighted by Crippen LogP contribution is 2.37. The molecule has 0 saturated heterocycles. The maximum atomic E-state index is 6.12. The van der Waals surface area contributed by atoms with E-state index in [9.17, 15) is 0 Å². The molecule has 0 bridgehead atoms. The molecular formula is C17H18ClN. The molecule has 2 aromatic rings. The Balaban J connectivity index is 1.96. The van der Waals surface area contributed by atoms with Gasteiger partial charge in [0.05, 0.1) is 0 Å². The first kappa shape index (κ1) is 12.7. The van der Waals surface area contributed by atoms with Crippen LogP contribution in [0.2, 0.25) is 5.02 Å². The van der Waals surface area contributed by atoms with Gasteiger partial charge in [-0.2, -0.15) is 0 Å². The number of benzene rings is 2. The highest BCUT2D eigenvalue weighted by Gasteiger charge is 2.19. The van der Waals surface area contributed by atoms with Gasteiger partial charge in [-0.05, 0) is 53.1 Å². The van der Waals surface area contributed by atoms with Crippen molar-refractivity contribution in [3.05, 3.63) is 58.6 Å². The van der Waals surface area contributed by atoms with E-state index < -0.39 is 0 Å². The lowest BCUT2D eigenvalue weighted by Crippen LogP contribution is -2.08. The summed E-state index contributed by atoms with van der Waals surface area (Å²) in [5.41, 5.74) is 10.7. The minimum atomic E-state index is 0.481. The molecule has 0 aromatic heterocycles. The fraction of sp³-hybridized carbons (Fsp3) is 0.294. The second kappa shape index (κ2) is 5.36. The monoisotopic (exact) mass is 271 g/mol. The van der Waals surface area contributed by atoms with Crippen LogP contribution in [0.15, 0.2) is 42.5 Å². The van der Waals surface area contributed by atoms with Gasteiger partial charge in [-0.25, -0.2) is 0 Å². The van der Waals surface area contributed by atoms with Crippen molar-refractivity contribution in [1.29, 1.82) is 0 Å². The highest BCUT2D eigenvalue weighted by atomic mass is 35.5. The summed E-state index contributed by atoms with van der Waals surface area (Å²) >= 11 is 6.12. The van der Waals surface area contributed by atoms with Crippen LogP contribution in [-0.4, -0.2) is 0 Å². The van der Waals surface area contributed by atoms with E-state index in [1.165, 1.54) is 36.0 Å². The van der Waals surface area contributed by atoms with Gasteiger partial charge >= 0.3 is 0 Å². The molecule has 1 aliphatic carbocycles. The van der Waals surface area contributed by atoms with Crippen LogP contribution in [0.1, 0.15) is 36.3 Å². The summed E-state index contributed by atoms with van der Waals surface area (Å²) in [5.74, 6) is 0.765. The molecule has 1 saturated carbocycles. The first-order valence-corrected chi connectivity index (χ1v) is 7.24. The maximum Gasteiger partial charge on any atom is 0.0451 e. The van der Waals surface area contributed by atoms with Crippen LogP contribution in [0, 0.1) is 0 Å². The van der Waals surface area contributed by atoms with Gasteiger partial charge < -0.3 is 5.73 Å². The van der Waals surface area contributed by atoms with Crippen LogP contribution in [0.4, 0.5) is 0 Å². The van der Waals surface area contributed by atoms with Crippen molar-refractivity contribution in [3.8, 4) is 11.1 Å². The van der Waals surface area contributed by atoms with Gasteiger partial charge in [-0.15, -0.1) is 0 Å². The van der Waals surface area contributed by atoms with E-state index in [0.29, 0.717) is 6.54 Å². The Hall–Kier alpha value is -1.31. The van der Waals surface area contributed by atoms with E-state index in [2.05, 4.69) is 36.4 Å². The molecule has 2 aromatic carbocycles. The van der Waals surface area contributed by atoms with Crippen LogP contribution in [0.5, 0.6) is 0 Å². The van der Waals surface area contributed by atoms with Gasteiger partial charge in [-0.3, -0.25) is 0 Å². The molecular weight excluding hydrogens is 254 g/mol. The zero-order valence-electron chi connectivity index (χ0n) is 10.9. The predicted molar refractivity (Wildman–Crippen MR) is 81.4 cm³/mol. The second-order valence-electron chi connectivity index (χ2n) is 5.26. The van der Waals surface area contributed by atoms with E-state index in [1.807, 2.05) is 6.07 Å². The standard InChI is InChI=1S/C17H18ClN/c18-17-8-7-15(10-16(17)11-19)14-6-2-5-13(9-14)12-3-1-4-12/h2,5-10,12H,1,3-4,11,19H2. The quantitative estimate of drug-likeness (QED) is 0.858. The van der Waals surface area contributed by atoms with Crippen LogP contribution < -0.4 is 5.73 Å². The third kappa shape index (κ3) is 2.54. The zero-order valence-corrected chi connectivity index (χ0v) is 11.7. The topological polar surface area (TPSA) is 26.0 Å². The molecule has 98 valence electrons. The normalized spacial score (nSPS) is 15.3. The molecule has 0 radical (unpaired) electrons. The number of halogens is 1. The average Bonchev–Trinajstić information content (AvgIpc) is 2.38. The fourth-order valence-corrected chi connectivity index (χ4v) is 2.82. The minimum Gasteiger partial charge on any atom is -0.326 e. The summed E-state index contributed by atoms with van der Waals surface area (Å²) in [6.07, 6.45) is 4.03. The molecule has 0 heterocycles. The molecule has 2 heteroatoms. The Morgan fingerprint density at radius 2 is 1.84 bits per heavy atom. The summed E-state index contributed by atoms with van der Waals surface area (Å²) in [5, 5.41) is 0.751. The molecule has 1 fully saturated rings. The number of hydrogen-bond acceptors (Lipinski definition) is 1. The van der Waals surface area contributed by atoms with Crippen LogP contribution in [0.3, 0.4) is 0 Å². The van der Waals surface area contributed by atoms with Gasteiger partial charge in [0.25, 0.3) is 0 Å². The SMILES string of the molecule is NCc1cc(-c2cccc(C3CCC3)c2)ccc1Cl. The summed E-state index contributed by atoms with van der Waals surface area (Å²) in [6, 6.07) is 15.0. The third-order valence-corrected chi connectivity index (χ3v) is 4.43. The van der Waals surface area contributed by atoms with Crippen molar-refractivity contribution < 1.29 is 0 Å². The number of nitrogens with two attached hydrogens (primary N) is 1. The predicted octanol–water partition coefficient (Wildman–Crippen LogP) is 4.73. The van der Waals surface area contributed by atoms with E-state index >= 15 is 0 Å². The number of hydrogen-bond donors (Lipinski definition) is 1. The van der Waals surface area contributed by atoms with E-state index in [0.717, 1.165) is 16.5 Å². The third-order valence-electron chi connectivity index (χ3n) is 4.06. The van der Waals surface area contributed by atoms with E-state index in [-0.39, 0.29) is 0 Å². The number of rotatable bonds is 3. The minimum absolute atomic E-state index is 0.481. The Morgan fingerprint density at radius 3 is 2.53 bits per heavy atom. The smallest absolute Gasteiger partial charge is 0.0451 e. The fourth-order valence-electron chi connectivity index (χ4n) is 2.62. The lowest BCUT2D eigenvalue weighted by molar-refractivity contribution is 0.420. The van der Waals surface area contributed by atoms with Gasteiger partial charge in [0.15, 0.2) is 0 Å². The Morgan fingerprint density at radius 1 is 1.05 bits per heavy atom. The zero-order chi connectivity index (χ0) is 13.2. The van der Waals surface area contributed by atoms with Crippen molar-refractivity contribution in [3.63, 3.8) is 0 Å². The summed E-state index contributed by atoms with van der Waals surface area (Å²) in [7, 11) is 0. The van der Waals surface area contributed by atoms with Crippen molar-refractivity contribution in [2.45, 2.75) is 31.7 Å². The Labute approximate surface area is 119 Å². The van der Waals surface area contributed by atoms with Crippen molar-refractivity contribution >= 4 is 11.6 Å². The average molecular weight is 272 g/mol. The molecule has 1 aliphatic rings. The van der Waals surface area contributed by atoms with Crippen molar-refractivity contribution in [2.75, 3.05) is 0 Å². The lowest BCUT2D eigenvalue weighted by Gasteiger charge is -2.26. The molecule has 0 spiro atoms. The van der Waals surface area contributed by atoms with Gasteiger partial charge in [0.1, 0.15) is 0 Å². The van der Waals surface area contributed by atoms with Gasteiger partial charge in [0, 0.05) is 11.6 Å². The molecule has 3 rings (SSSR count). The summed E-state index contributed by atoms with van der Waals surface area (Å²) in [4.78, 5) is 0. The lowest BCUT2D eigenvalue weighted by atomic mass is 9.79. The largest absolute Gasteiger partial charge is 0.326 e. The van der Waals surface area contributed by atoms with E-state index in [4.69, 9.17) is 17.3 Å².